The van der Waals surface area contributed by atoms with E-state index in [-0.39, 0.29) is 40.8 Å². The number of esters is 1. The zero-order chi connectivity index (χ0) is 28.8. The summed E-state index contributed by atoms with van der Waals surface area (Å²) in [5.41, 5.74) is 4.42. The van der Waals surface area contributed by atoms with Gasteiger partial charge in [0.1, 0.15) is 11.5 Å². The van der Waals surface area contributed by atoms with Crippen molar-refractivity contribution in [2.24, 2.45) is 23.7 Å². The molecule has 1 aliphatic heterocycles. The summed E-state index contributed by atoms with van der Waals surface area (Å²) in [6.45, 7) is 1.88. The molecule has 6 rings (SSSR count). The Morgan fingerprint density at radius 3 is 1.78 bits per heavy atom. The quantitative estimate of drug-likeness (QED) is 0.198. The molecule has 0 spiro atoms. The normalized spacial score (nSPS) is 22.2. The van der Waals surface area contributed by atoms with E-state index < -0.39 is 17.8 Å². The van der Waals surface area contributed by atoms with Crippen LogP contribution in [0.25, 0.3) is 5.57 Å². The number of benzene rings is 3. The lowest BCUT2D eigenvalue weighted by Gasteiger charge is -2.22. The zero-order valence-corrected chi connectivity index (χ0v) is 23.6. The minimum absolute atomic E-state index is 0.117. The summed E-state index contributed by atoms with van der Waals surface area (Å²) in [6, 6.07) is 20.2. The van der Waals surface area contributed by atoms with E-state index >= 15 is 0 Å². The molecule has 1 saturated carbocycles. The Balaban J connectivity index is 1.43. The first kappa shape index (κ1) is 26.8. The monoisotopic (exact) mass is 569 g/mol. The second-order valence-corrected chi connectivity index (χ2v) is 10.6. The third kappa shape index (κ3) is 4.32. The lowest BCUT2D eigenvalue weighted by Crippen LogP contribution is -2.33. The van der Waals surface area contributed by atoms with Crippen LogP contribution in [0.4, 0.5) is 5.69 Å². The molecule has 2 fully saturated rings. The molecule has 208 valence electrons. The van der Waals surface area contributed by atoms with Crippen molar-refractivity contribution in [2.45, 2.75) is 6.92 Å². The number of hydrogen-bond acceptors (Lipinski definition) is 6. The van der Waals surface area contributed by atoms with Gasteiger partial charge in [0.2, 0.25) is 11.8 Å². The molecule has 4 atom stereocenters. The van der Waals surface area contributed by atoms with Gasteiger partial charge in [-0.1, -0.05) is 48.0 Å². The van der Waals surface area contributed by atoms with Gasteiger partial charge in [-0.05, 0) is 71.7 Å². The molecule has 4 unspecified atom stereocenters. The number of amides is 2. The Kier molecular flexibility index (Phi) is 6.91. The number of hydrogen-bond donors (Lipinski definition) is 0. The van der Waals surface area contributed by atoms with Crippen molar-refractivity contribution in [3.8, 4) is 11.5 Å². The van der Waals surface area contributed by atoms with Crippen molar-refractivity contribution < 1.29 is 28.6 Å². The van der Waals surface area contributed by atoms with Gasteiger partial charge in [-0.3, -0.25) is 9.59 Å². The van der Waals surface area contributed by atoms with Gasteiger partial charge < -0.3 is 14.2 Å². The molecule has 3 aromatic rings. The summed E-state index contributed by atoms with van der Waals surface area (Å²) in [7, 11) is 3.25. The fourth-order valence-electron chi connectivity index (χ4n) is 6.38. The summed E-state index contributed by atoms with van der Waals surface area (Å²) in [5.74, 6) is -1.27. The molecule has 3 aliphatic rings. The molecule has 1 saturated heterocycles. The SMILES string of the molecule is CCOC(=O)c1cc(N2C(=O)C3C4C=CC(C4=C(c4ccc(OC)cc4)c4ccc(OC)cc4)C3C2=O)ccc1Cl. The Hall–Kier alpha value is -4.36. The number of fused-ring (bicyclic) bond motifs is 5. The summed E-state index contributed by atoms with van der Waals surface area (Å²) in [4.78, 5) is 41.6. The van der Waals surface area contributed by atoms with Crippen LogP contribution in [-0.2, 0) is 14.3 Å². The number of carbonyl (C=O) groups excluding carboxylic acids is 3. The van der Waals surface area contributed by atoms with Gasteiger partial charge in [0.25, 0.3) is 0 Å². The van der Waals surface area contributed by atoms with Gasteiger partial charge in [-0.25, -0.2) is 9.69 Å². The van der Waals surface area contributed by atoms with Gasteiger partial charge >= 0.3 is 5.97 Å². The zero-order valence-electron chi connectivity index (χ0n) is 22.8. The Labute approximate surface area is 243 Å². The molecular weight excluding hydrogens is 542 g/mol. The van der Waals surface area contributed by atoms with Gasteiger partial charge in [-0.2, -0.15) is 0 Å². The van der Waals surface area contributed by atoms with Crippen molar-refractivity contribution >= 4 is 40.6 Å². The van der Waals surface area contributed by atoms with Crippen LogP contribution in [0.2, 0.25) is 5.02 Å². The first-order valence-corrected chi connectivity index (χ1v) is 13.8. The average molecular weight is 570 g/mol. The Morgan fingerprint density at radius 1 is 0.805 bits per heavy atom. The van der Waals surface area contributed by atoms with Gasteiger partial charge in [0.05, 0.1) is 48.9 Å². The van der Waals surface area contributed by atoms with Crippen LogP contribution in [0.3, 0.4) is 0 Å². The topological polar surface area (TPSA) is 82.1 Å². The third-order valence-electron chi connectivity index (χ3n) is 8.17. The highest BCUT2D eigenvalue weighted by Gasteiger charge is 2.62. The van der Waals surface area contributed by atoms with E-state index in [1.807, 2.05) is 48.5 Å². The van der Waals surface area contributed by atoms with Crippen molar-refractivity contribution in [3.05, 3.63) is 106 Å². The number of halogens is 1. The van der Waals surface area contributed by atoms with Crippen LogP contribution in [0, 0.1) is 23.7 Å². The summed E-state index contributed by atoms with van der Waals surface area (Å²) >= 11 is 6.25. The van der Waals surface area contributed by atoms with Gasteiger partial charge in [0.15, 0.2) is 0 Å². The first-order chi connectivity index (χ1) is 19.9. The van der Waals surface area contributed by atoms with E-state index in [0.717, 1.165) is 33.8 Å². The van der Waals surface area contributed by atoms with Crippen molar-refractivity contribution in [1.29, 1.82) is 0 Å². The van der Waals surface area contributed by atoms with Crippen molar-refractivity contribution in [2.75, 3.05) is 25.7 Å². The number of methoxy groups -OCH3 is 2. The molecule has 8 heteroatoms. The third-order valence-corrected chi connectivity index (χ3v) is 8.49. The summed E-state index contributed by atoms with van der Waals surface area (Å²) < 4.78 is 15.9. The number of anilines is 1. The molecule has 2 bridgehead atoms. The minimum Gasteiger partial charge on any atom is -0.497 e. The molecule has 0 radical (unpaired) electrons. The van der Waals surface area contributed by atoms with E-state index in [0.29, 0.717) is 5.69 Å². The molecule has 1 heterocycles. The van der Waals surface area contributed by atoms with Gasteiger partial charge in [-0.15, -0.1) is 0 Å². The highest BCUT2D eigenvalue weighted by molar-refractivity contribution is 6.34. The van der Waals surface area contributed by atoms with Crippen LogP contribution in [0.15, 0.2) is 84.5 Å². The smallest absolute Gasteiger partial charge is 0.339 e. The van der Waals surface area contributed by atoms with Gasteiger partial charge in [0, 0.05) is 11.8 Å². The van der Waals surface area contributed by atoms with Crippen LogP contribution < -0.4 is 14.4 Å². The predicted octanol–water partition coefficient (Wildman–Crippen LogP) is 5.96. The maximum absolute atomic E-state index is 14.0. The van der Waals surface area contributed by atoms with Crippen molar-refractivity contribution in [1.82, 2.24) is 0 Å². The van der Waals surface area contributed by atoms with Crippen LogP contribution >= 0.6 is 11.6 Å². The average Bonchev–Trinajstić information content (AvgIpc) is 3.63. The highest BCUT2D eigenvalue weighted by atomic mass is 35.5. The summed E-state index contributed by atoms with van der Waals surface area (Å²) in [5, 5.41) is 0.196. The number of imide groups is 1. The van der Waals surface area contributed by atoms with Crippen LogP contribution in [-0.4, -0.2) is 38.6 Å². The van der Waals surface area contributed by atoms with E-state index in [4.69, 9.17) is 25.8 Å². The molecule has 0 aromatic heterocycles. The number of ether oxygens (including phenoxy) is 3. The van der Waals surface area contributed by atoms with E-state index in [1.54, 1.807) is 27.2 Å². The second-order valence-electron chi connectivity index (χ2n) is 10.2. The summed E-state index contributed by atoms with van der Waals surface area (Å²) in [6.07, 6.45) is 4.10. The van der Waals surface area contributed by atoms with Crippen LogP contribution in [0.5, 0.6) is 11.5 Å². The van der Waals surface area contributed by atoms with Crippen molar-refractivity contribution in [3.63, 3.8) is 0 Å². The molecule has 3 aromatic carbocycles. The highest BCUT2D eigenvalue weighted by Crippen LogP contribution is 2.59. The number of allylic oxidation sites excluding steroid dienone is 3. The fourth-order valence-corrected chi connectivity index (χ4v) is 6.58. The fraction of sp³-hybridized carbons (Fsp3) is 0.242. The van der Waals surface area contributed by atoms with E-state index in [1.165, 1.54) is 17.0 Å². The Morgan fingerprint density at radius 2 is 1.32 bits per heavy atom. The largest absolute Gasteiger partial charge is 0.497 e. The minimum atomic E-state index is -0.603. The van der Waals surface area contributed by atoms with E-state index in [2.05, 4.69) is 12.2 Å². The lowest BCUT2D eigenvalue weighted by molar-refractivity contribution is -0.122. The predicted molar refractivity (Wildman–Crippen MR) is 155 cm³/mol. The van der Waals surface area contributed by atoms with Crippen LogP contribution in [0.1, 0.15) is 28.4 Å². The molecule has 2 aliphatic carbocycles. The molecule has 41 heavy (non-hydrogen) atoms. The second kappa shape index (κ2) is 10.6. The van der Waals surface area contributed by atoms with E-state index in [9.17, 15) is 14.4 Å². The molecule has 7 nitrogen and oxygen atoms in total. The Bertz CT molecular complexity index is 1520. The lowest BCUT2D eigenvalue weighted by atomic mass is 9.85. The number of nitrogens with zero attached hydrogens (tertiary/aromatic N) is 1. The molecule has 2 amide bonds. The number of carbonyl (C=O) groups is 3. The first-order valence-electron chi connectivity index (χ1n) is 13.4. The molecular formula is C33H28ClNO6. The number of rotatable bonds is 7. The standard InChI is InChI=1S/C33H28ClNO6/c1-4-41-33(38)25-17-20(9-16-26(25)34)35-31(36)29-23-14-15-24(30(29)32(35)37)28(23)27(18-5-10-21(39-2)11-6-18)19-7-12-22(40-3)13-8-19/h5-17,23-24,29-30H,4H2,1-3H3. The molecule has 0 N–H and O–H groups in total. The maximum Gasteiger partial charge on any atom is 0.339 e. The maximum atomic E-state index is 14.0.